The number of H-pyrrole nitrogens is 1. The first-order valence-corrected chi connectivity index (χ1v) is 8.31. The SMILES string of the molecule is Cc1nc(SCC(=O)Nc2cccc(C(=O)NC3CC3)c2)n[nH]1. The van der Waals surface area contributed by atoms with Crippen molar-refractivity contribution in [3.8, 4) is 0 Å². The molecule has 0 radical (unpaired) electrons. The molecule has 3 N–H and O–H groups in total. The summed E-state index contributed by atoms with van der Waals surface area (Å²) in [5.74, 6) is 0.643. The van der Waals surface area contributed by atoms with Crippen LogP contribution in [0.1, 0.15) is 29.0 Å². The Morgan fingerprint density at radius 2 is 2.22 bits per heavy atom. The van der Waals surface area contributed by atoms with Crippen molar-refractivity contribution in [1.82, 2.24) is 20.5 Å². The van der Waals surface area contributed by atoms with Gasteiger partial charge in [0.25, 0.3) is 5.91 Å². The molecule has 23 heavy (non-hydrogen) atoms. The standard InChI is InChI=1S/C15H17N5O2S/c1-9-16-15(20-19-9)23-8-13(21)17-12-4-2-3-10(7-12)14(22)18-11-5-6-11/h2-4,7,11H,5-6,8H2,1H3,(H,17,21)(H,18,22)(H,16,19,20). The van der Waals surface area contributed by atoms with E-state index in [1.165, 1.54) is 11.8 Å². The second-order valence-electron chi connectivity index (χ2n) is 5.37. The summed E-state index contributed by atoms with van der Waals surface area (Å²) < 4.78 is 0. The van der Waals surface area contributed by atoms with E-state index >= 15 is 0 Å². The predicted octanol–water partition coefficient (Wildman–Crippen LogP) is 1.74. The monoisotopic (exact) mass is 331 g/mol. The van der Waals surface area contributed by atoms with Gasteiger partial charge in [-0.05, 0) is 38.0 Å². The van der Waals surface area contributed by atoms with Gasteiger partial charge in [0.1, 0.15) is 5.82 Å². The van der Waals surface area contributed by atoms with Crippen molar-refractivity contribution < 1.29 is 9.59 Å². The number of aromatic nitrogens is 3. The Morgan fingerprint density at radius 3 is 2.91 bits per heavy atom. The Bertz CT molecular complexity index is 726. The molecule has 0 atom stereocenters. The zero-order chi connectivity index (χ0) is 16.2. The minimum absolute atomic E-state index is 0.103. The third kappa shape index (κ3) is 4.56. The van der Waals surface area contributed by atoms with Crippen LogP contribution in [-0.4, -0.2) is 38.8 Å². The quantitative estimate of drug-likeness (QED) is 0.700. The lowest BCUT2D eigenvalue weighted by molar-refractivity contribution is -0.113. The smallest absolute Gasteiger partial charge is 0.251 e. The van der Waals surface area contributed by atoms with Crippen LogP contribution in [0.5, 0.6) is 0 Å². The normalized spacial score (nSPS) is 13.6. The fraction of sp³-hybridized carbons (Fsp3) is 0.333. The number of amides is 2. The number of nitrogens with zero attached hydrogens (tertiary/aromatic N) is 2. The molecule has 8 heteroatoms. The fourth-order valence-electron chi connectivity index (χ4n) is 1.95. The topological polar surface area (TPSA) is 99.8 Å². The summed E-state index contributed by atoms with van der Waals surface area (Å²) in [6.07, 6.45) is 2.08. The maximum Gasteiger partial charge on any atom is 0.251 e. The van der Waals surface area contributed by atoms with E-state index in [0.717, 1.165) is 12.8 Å². The summed E-state index contributed by atoms with van der Waals surface area (Å²) in [7, 11) is 0. The Hall–Kier alpha value is -2.35. The second kappa shape index (κ2) is 6.82. The highest BCUT2D eigenvalue weighted by atomic mass is 32.2. The molecular formula is C15H17N5O2S. The van der Waals surface area contributed by atoms with E-state index in [2.05, 4.69) is 25.8 Å². The van der Waals surface area contributed by atoms with Crippen LogP contribution in [0.25, 0.3) is 0 Å². The summed E-state index contributed by atoms with van der Waals surface area (Å²) in [6, 6.07) is 7.23. The number of nitrogens with one attached hydrogen (secondary N) is 3. The summed E-state index contributed by atoms with van der Waals surface area (Å²) >= 11 is 1.25. The molecule has 7 nitrogen and oxygen atoms in total. The van der Waals surface area contributed by atoms with Crippen molar-refractivity contribution in [3.05, 3.63) is 35.7 Å². The largest absolute Gasteiger partial charge is 0.349 e. The van der Waals surface area contributed by atoms with Gasteiger partial charge in [-0.15, -0.1) is 5.10 Å². The zero-order valence-electron chi connectivity index (χ0n) is 12.6. The molecule has 0 aliphatic heterocycles. The minimum Gasteiger partial charge on any atom is -0.349 e. The molecule has 120 valence electrons. The van der Waals surface area contributed by atoms with Crippen LogP contribution in [0.3, 0.4) is 0 Å². The van der Waals surface area contributed by atoms with Crippen LogP contribution in [0.4, 0.5) is 5.69 Å². The van der Waals surface area contributed by atoms with Gasteiger partial charge in [0, 0.05) is 17.3 Å². The van der Waals surface area contributed by atoms with Crippen LogP contribution in [0, 0.1) is 6.92 Å². The first-order valence-electron chi connectivity index (χ1n) is 7.33. The van der Waals surface area contributed by atoms with Gasteiger partial charge in [-0.1, -0.05) is 17.8 Å². The molecule has 0 bridgehead atoms. The Kier molecular flexibility index (Phi) is 4.61. The van der Waals surface area contributed by atoms with E-state index in [1.807, 2.05) is 0 Å². The van der Waals surface area contributed by atoms with Crippen LogP contribution in [0.15, 0.2) is 29.4 Å². The number of aryl methyl sites for hydroxylation is 1. The molecule has 3 rings (SSSR count). The first-order chi connectivity index (χ1) is 11.1. The molecule has 2 aromatic rings. The average Bonchev–Trinajstić information content (AvgIpc) is 3.25. The van der Waals surface area contributed by atoms with Crippen LogP contribution in [-0.2, 0) is 4.79 Å². The summed E-state index contributed by atoms with van der Waals surface area (Å²) in [5.41, 5.74) is 1.15. The number of benzene rings is 1. The van der Waals surface area contributed by atoms with Gasteiger partial charge in [-0.2, -0.15) is 0 Å². The molecule has 1 aromatic heterocycles. The van der Waals surface area contributed by atoms with Crippen LogP contribution in [0.2, 0.25) is 0 Å². The maximum absolute atomic E-state index is 12.0. The summed E-state index contributed by atoms with van der Waals surface area (Å²) in [5, 5.41) is 12.9. The number of aromatic amines is 1. The maximum atomic E-state index is 12.0. The lowest BCUT2D eigenvalue weighted by Crippen LogP contribution is -2.25. The van der Waals surface area contributed by atoms with Crippen molar-refractivity contribution in [2.75, 3.05) is 11.1 Å². The van der Waals surface area contributed by atoms with Crippen LogP contribution >= 0.6 is 11.8 Å². The van der Waals surface area contributed by atoms with Crippen molar-refractivity contribution in [2.45, 2.75) is 31.0 Å². The first kappa shape index (κ1) is 15.5. The van der Waals surface area contributed by atoms with E-state index in [9.17, 15) is 9.59 Å². The van der Waals surface area contributed by atoms with Gasteiger partial charge in [-0.25, -0.2) is 4.98 Å². The number of thioether (sulfide) groups is 1. The second-order valence-corrected chi connectivity index (χ2v) is 6.31. The molecule has 2 amide bonds. The minimum atomic E-state index is -0.169. The highest BCUT2D eigenvalue weighted by Crippen LogP contribution is 2.20. The van der Waals surface area contributed by atoms with E-state index < -0.39 is 0 Å². The Morgan fingerprint density at radius 1 is 1.39 bits per heavy atom. The van der Waals surface area contributed by atoms with E-state index in [1.54, 1.807) is 31.2 Å². The number of anilines is 1. The number of hydrogen-bond donors (Lipinski definition) is 3. The number of rotatable bonds is 6. The molecule has 1 heterocycles. The molecule has 1 aliphatic carbocycles. The third-order valence-corrected chi connectivity index (χ3v) is 4.08. The Balaban J connectivity index is 1.54. The lowest BCUT2D eigenvalue weighted by atomic mass is 10.2. The van der Waals surface area contributed by atoms with Gasteiger partial charge in [-0.3, -0.25) is 14.7 Å². The zero-order valence-corrected chi connectivity index (χ0v) is 13.4. The number of carbonyl (C=O) groups excluding carboxylic acids is 2. The van der Waals surface area contributed by atoms with Crippen molar-refractivity contribution in [3.63, 3.8) is 0 Å². The number of hydrogen-bond acceptors (Lipinski definition) is 5. The highest BCUT2D eigenvalue weighted by molar-refractivity contribution is 7.99. The van der Waals surface area contributed by atoms with Crippen molar-refractivity contribution >= 4 is 29.3 Å². The molecule has 1 saturated carbocycles. The molecule has 1 aromatic carbocycles. The lowest BCUT2D eigenvalue weighted by Gasteiger charge is -2.07. The molecule has 0 spiro atoms. The van der Waals surface area contributed by atoms with E-state index in [0.29, 0.717) is 28.3 Å². The molecule has 1 fully saturated rings. The summed E-state index contributed by atoms with van der Waals surface area (Å²) in [4.78, 5) is 28.1. The van der Waals surface area contributed by atoms with Crippen molar-refractivity contribution in [2.24, 2.45) is 0 Å². The van der Waals surface area contributed by atoms with Gasteiger partial charge < -0.3 is 10.6 Å². The van der Waals surface area contributed by atoms with Gasteiger partial charge in [0.15, 0.2) is 0 Å². The molecule has 0 unspecified atom stereocenters. The summed E-state index contributed by atoms with van der Waals surface area (Å²) in [6.45, 7) is 1.80. The molecule has 0 saturated heterocycles. The Labute approximate surface area is 137 Å². The third-order valence-electron chi connectivity index (χ3n) is 3.23. The molecular weight excluding hydrogens is 314 g/mol. The predicted molar refractivity (Wildman–Crippen MR) is 87.4 cm³/mol. The highest BCUT2D eigenvalue weighted by Gasteiger charge is 2.23. The van der Waals surface area contributed by atoms with E-state index in [4.69, 9.17) is 0 Å². The van der Waals surface area contributed by atoms with Gasteiger partial charge >= 0.3 is 0 Å². The number of carbonyl (C=O) groups is 2. The van der Waals surface area contributed by atoms with Gasteiger partial charge in [0.2, 0.25) is 11.1 Å². The fourth-order valence-corrected chi connectivity index (χ4v) is 2.59. The molecule has 1 aliphatic rings. The van der Waals surface area contributed by atoms with E-state index in [-0.39, 0.29) is 17.6 Å². The average molecular weight is 331 g/mol. The van der Waals surface area contributed by atoms with Crippen LogP contribution < -0.4 is 10.6 Å². The van der Waals surface area contributed by atoms with Gasteiger partial charge in [0.05, 0.1) is 5.75 Å². The van der Waals surface area contributed by atoms with Crippen molar-refractivity contribution in [1.29, 1.82) is 0 Å².